The Hall–Kier alpha value is -1.12. The average Bonchev–Trinajstić information content (AvgIpc) is 2.17. The van der Waals surface area contributed by atoms with Crippen LogP contribution in [0.15, 0.2) is 11.1 Å². The maximum absolute atomic E-state index is 12.6. The molecule has 3 nitrogen and oxygen atoms in total. The summed E-state index contributed by atoms with van der Waals surface area (Å²) in [5.41, 5.74) is 1.61. The molecular formula is C15H26N2O. The number of hydrogen-bond acceptors (Lipinski definition) is 2. The highest BCUT2D eigenvalue weighted by Gasteiger charge is 2.29. The molecule has 0 unspecified atom stereocenters. The Morgan fingerprint density at radius 2 is 1.67 bits per heavy atom. The molecular weight excluding hydrogens is 224 g/mol. The van der Waals surface area contributed by atoms with Gasteiger partial charge >= 0.3 is 0 Å². The first kappa shape index (κ1) is 14.9. The van der Waals surface area contributed by atoms with Crippen LogP contribution in [0.25, 0.3) is 0 Å². The molecule has 1 aromatic heterocycles. The van der Waals surface area contributed by atoms with Gasteiger partial charge in [0.05, 0.1) is 12.0 Å². The van der Waals surface area contributed by atoms with Crippen LogP contribution in [-0.4, -0.2) is 9.55 Å². The van der Waals surface area contributed by atoms with E-state index in [1.807, 2.05) is 0 Å². The number of aromatic nitrogens is 2. The van der Waals surface area contributed by atoms with Crippen LogP contribution in [0.4, 0.5) is 0 Å². The monoisotopic (exact) mass is 250 g/mol. The number of aryl methyl sites for hydroxylation is 1. The standard InChI is InChI=1S/C15H26N2O/c1-8-9-17-10-16-12(15(5,6)7)11(13(17)18)14(2,3)4/h10H,8-9H2,1-7H3. The van der Waals surface area contributed by atoms with Crippen molar-refractivity contribution in [1.82, 2.24) is 9.55 Å². The molecule has 0 atom stereocenters. The minimum absolute atomic E-state index is 0.104. The van der Waals surface area contributed by atoms with Gasteiger partial charge in [-0.15, -0.1) is 0 Å². The summed E-state index contributed by atoms with van der Waals surface area (Å²) >= 11 is 0. The van der Waals surface area contributed by atoms with Gasteiger partial charge in [0.25, 0.3) is 5.56 Å². The van der Waals surface area contributed by atoms with E-state index in [2.05, 4.69) is 53.5 Å². The second-order valence-corrected chi connectivity index (χ2v) is 6.97. The fraction of sp³-hybridized carbons (Fsp3) is 0.733. The van der Waals surface area contributed by atoms with Gasteiger partial charge in [0, 0.05) is 17.5 Å². The molecule has 0 fully saturated rings. The highest BCUT2D eigenvalue weighted by Crippen LogP contribution is 2.29. The number of nitrogens with zero attached hydrogens (tertiary/aromatic N) is 2. The maximum Gasteiger partial charge on any atom is 0.257 e. The average molecular weight is 250 g/mol. The second kappa shape index (κ2) is 4.87. The summed E-state index contributed by atoms with van der Waals surface area (Å²) in [6, 6.07) is 0. The first-order valence-corrected chi connectivity index (χ1v) is 6.69. The van der Waals surface area contributed by atoms with Crippen LogP contribution < -0.4 is 5.56 Å². The lowest BCUT2D eigenvalue weighted by molar-refractivity contribution is 0.488. The summed E-state index contributed by atoms with van der Waals surface area (Å²) in [6.45, 7) is 15.4. The Bertz CT molecular complexity index is 473. The van der Waals surface area contributed by atoms with Gasteiger partial charge in [0.1, 0.15) is 0 Å². The van der Waals surface area contributed by atoms with E-state index in [0.29, 0.717) is 0 Å². The molecule has 1 heterocycles. The summed E-state index contributed by atoms with van der Waals surface area (Å²) in [7, 11) is 0. The molecule has 1 aromatic rings. The van der Waals surface area contributed by atoms with Crippen molar-refractivity contribution in [2.75, 3.05) is 0 Å². The van der Waals surface area contributed by atoms with Crippen molar-refractivity contribution in [2.45, 2.75) is 72.3 Å². The number of hydrogen-bond donors (Lipinski definition) is 0. The Kier molecular flexibility index (Phi) is 4.04. The molecule has 3 heteroatoms. The molecule has 0 aliphatic carbocycles. The zero-order valence-electron chi connectivity index (χ0n) is 12.8. The third-order valence-electron chi connectivity index (χ3n) is 2.96. The van der Waals surface area contributed by atoms with Gasteiger partial charge in [0.15, 0.2) is 0 Å². The molecule has 0 spiro atoms. The van der Waals surface area contributed by atoms with Gasteiger partial charge in [-0.1, -0.05) is 48.5 Å². The molecule has 0 bridgehead atoms. The number of rotatable bonds is 2. The van der Waals surface area contributed by atoms with Crippen molar-refractivity contribution in [3.63, 3.8) is 0 Å². The van der Waals surface area contributed by atoms with Gasteiger partial charge in [-0.3, -0.25) is 9.36 Å². The second-order valence-electron chi connectivity index (χ2n) is 6.97. The zero-order valence-corrected chi connectivity index (χ0v) is 12.8. The van der Waals surface area contributed by atoms with E-state index >= 15 is 0 Å². The molecule has 0 aromatic carbocycles. The first-order valence-electron chi connectivity index (χ1n) is 6.69. The third-order valence-corrected chi connectivity index (χ3v) is 2.96. The maximum atomic E-state index is 12.6. The lowest BCUT2D eigenvalue weighted by atomic mass is 9.79. The summed E-state index contributed by atoms with van der Waals surface area (Å²) in [6.07, 6.45) is 2.64. The third kappa shape index (κ3) is 3.01. The topological polar surface area (TPSA) is 34.9 Å². The van der Waals surface area contributed by atoms with Crippen LogP contribution in [0, 0.1) is 0 Å². The molecule has 18 heavy (non-hydrogen) atoms. The van der Waals surface area contributed by atoms with Crippen LogP contribution in [0.1, 0.15) is 66.1 Å². The zero-order chi connectivity index (χ0) is 14.1. The summed E-state index contributed by atoms with van der Waals surface area (Å²) < 4.78 is 1.73. The van der Waals surface area contributed by atoms with Crippen LogP contribution in [0.2, 0.25) is 0 Å². The van der Waals surface area contributed by atoms with Crippen molar-refractivity contribution in [3.05, 3.63) is 27.9 Å². The lowest BCUT2D eigenvalue weighted by Gasteiger charge is -2.28. The summed E-state index contributed by atoms with van der Waals surface area (Å²) in [5.74, 6) is 0. The van der Waals surface area contributed by atoms with E-state index in [1.165, 1.54) is 0 Å². The van der Waals surface area contributed by atoms with Gasteiger partial charge < -0.3 is 0 Å². The van der Waals surface area contributed by atoms with E-state index in [9.17, 15) is 4.79 Å². The summed E-state index contributed by atoms with van der Waals surface area (Å²) in [4.78, 5) is 17.2. The van der Waals surface area contributed by atoms with Crippen LogP contribution in [-0.2, 0) is 17.4 Å². The molecule has 0 radical (unpaired) electrons. The Balaban J connectivity index is 3.58. The van der Waals surface area contributed by atoms with E-state index in [0.717, 1.165) is 24.2 Å². The molecule has 1 rings (SSSR count). The van der Waals surface area contributed by atoms with Crippen LogP contribution >= 0.6 is 0 Å². The van der Waals surface area contributed by atoms with Crippen molar-refractivity contribution >= 4 is 0 Å². The Labute approximate surface area is 110 Å². The van der Waals surface area contributed by atoms with Crippen molar-refractivity contribution in [3.8, 4) is 0 Å². The molecule has 0 amide bonds. The molecule has 102 valence electrons. The van der Waals surface area contributed by atoms with Crippen LogP contribution in [0.3, 0.4) is 0 Å². The fourth-order valence-corrected chi connectivity index (χ4v) is 2.13. The smallest absolute Gasteiger partial charge is 0.257 e. The van der Waals surface area contributed by atoms with Gasteiger partial charge in [-0.2, -0.15) is 0 Å². The highest BCUT2D eigenvalue weighted by molar-refractivity contribution is 5.30. The SMILES string of the molecule is CCCn1cnc(C(C)(C)C)c(C(C)(C)C)c1=O. The highest BCUT2D eigenvalue weighted by atomic mass is 16.1. The molecule has 0 N–H and O–H groups in total. The largest absolute Gasteiger partial charge is 0.299 e. The Morgan fingerprint density at radius 3 is 2.06 bits per heavy atom. The molecule has 0 saturated carbocycles. The van der Waals surface area contributed by atoms with E-state index in [-0.39, 0.29) is 16.4 Å². The normalized spacial score (nSPS) is 12.8. The van der Waals surface area contributed by atoms with Crippen molar-refractivity contribution < 1.29 is 0 Å². The van der Waals surface area contributed by atoms with Crippen LogP contribution in [0.5, 0.6) is 0 Å². The molecule has 0 saturated heterocycles. The molecule has 0 aliphatic rings. The predicted octanol–water partition coefficient (Wildman–Crippen LogP) is 3.25. The van der Waals surface area contributed by atoms with E-state index in [4.69, 9.17) is 0 Å². The minimum Gasteiger partial charge on any atom is -0.299 e. The predicted molar refractivity (Wildman–Crippen MR) is 76.2 cm³/mol. The van der Waals surface area contributed by atoms with E-state index in [1.54, 1.807) is 10.9 Å². The quantitative estimate of drug-likeness (QED) is 0.807. The van der Waals surface area contributed by atoms with Gasteiger partial charge in [-0.25, -0.2) is 4.98 Å². The summed E-state index contributed by atoms with van der Waals surface area (Å²) in [5, 5.41) is 0. The fourth-order valence-electron chi connectivity index (χ4n) is 2.13. The van der Waals surface area contributed by atoms with Gasteiger partial charge in [0.2, 0.25) is 0 Å². The lowest BCUT2D eigenvalue weighted by Crippen LogP contribution is -2.36. The molecule has 0 aliphatic heterocycles. The minimum atomic E-state index is -0.177. The van der Waals surface area contributed by atoms with Crippen molar-refractivity contribution in [2.24, 2.45) is 0 Å². The van der Waals surface area contributed by atoms with E-state index < -0.39 is 0 Å². The van der Waals surface area contributed by atoms with Gasteiger partial charge in [-0.05, 0) is 11.8 Å². The first-order chi connectivity index (χ1) is 8.09. The van der Waals surface area contributed by atoms with Crippen molar-refractivity contribution in [1.29, 1.82) is 0 Å². The Morgan fingerprint density at radius 1 is 1.11 bits per heavy atom.